The molecular weight excluding hydrogens is 424 g/mol. The lowest BCUT2D eigenvalue weighted by Crippen LogP contribution is -2.50. The van der Waals surface area contributed by atoms with E-state index < -0.39 is 5.97 Å². The van der Waals surface area contributed by atoms with Crippen molar-refractivity contribution in [1.82, 2.24) is 5.32 Å². The molecule has 32 heavy (non-hydrogen) atoms. The summed E-state index contributed by atoms with van der Waals surface area (Å²) in [6.07, 6.45) is 2.57. The number of fused-ring (bicyclic) bond motifs is 2. The van der Waals surface area contributed by atoms with Gasteiger partial charge in [-0.25, -0.2) is 4.79 Å². The number of benzene rings is 2. The summed E-state index contributed by atoms with van der Waals surface area (Å²) < 4.78 is 6.10. The lowest BCUT2D eigenvalue weighted by atomic mass is 9.76. The van der Waals surface area contributed by atoms with Crippen molar-refractivity contribution < 1.29 is 19.4 Å². The number of nitrogens with one attached hydrogen (secondary N) is 2. The molecule has 3 N–H and O–H groups in total. The van der Waals surface area contributed by atoms with Crippen LogP contribution in [-0.4, -0.2) is 36.2 Å². The number of carbonyl (C=O) groups is 2. The molecule has 1 aliphatic carbocycles. The number of hydrogen-bond acceptors (Lipinski definition) is 5. The minimum atomic E-state index is -0.994. The summed E-state index contributed by atoms with van der Waals surface area (Å²) in [6.45, 7) is 5.80. The Balaban J connectivity index is 1.52. The van der Waals surface area contributed by atoms with E-state index in [1.807, 2.05) is 36.4 Å². The second kappa shape index (κ2) is 7.90. The highest BCUT2D eigenvalue weighted by atomic mass is 32.1. The maximum atomic E-state index is 13.4. The molecule has 1 amide bonds. The molecule has 0 radical (unpaired) electrons. The molecule has 6 nitrogen and oxygen atoms in total. The fourth-order valence-corrected chi connectivity index (χ4v) is 5.63. The Hall–Kier alpha value is -2.90. The van der Waals surface area contributed by atoms with Crippen molar-refractivity contribution in [2.45, 2.75) is 39.2 Å². The minimum absolute atomic E-state index is 0.0218. The number of hydrogen-bond donors (Lipinski definition) is 3. The molecule has 1 aliphatic heterocycles. The summed E-state index contributed by atoms with van der Waals surface area (Å²) in [5.41, 5.74) is 1.57. The quantitative estimate of drug-likeness (QED) is 0.524. The van der Waals surface area contributed by atoms with Gasteiger partial charge >= 0.3 is 5.97 Å². The average molecular weight is 451 g/mol. The minimum Gasteiger partial charge on any atom is -0.487 e. The molecule has 0 spiro atoms. The second-order valence-electron chi connectivity index (χ2n) is 9.40. The number of carboxylic acid groups (broad SMARTS) is 1. The van der Waals surface area contributed by atoms with E-state index in [1.165, 1.54) is 11.3 Å². The highest BCUT2D eigenvalue weighted by Gasteiger charge is 2.33. The number of thiophene rings is 1. The maximum absolute atomic E-state index is 13.4. The summed E-state index contributed by atoms with van der Waals surface area (Å²) >= 11 is 1.39. The molecule has 1 fully saturated rings. The Labute approximate surface area is 190 Å². The first-order valence-corrected chi connectivity index (χ1v) is 11.7. The van der Waals surface area contributed by atoms with Gasteiger partial charge in [-0.2, -0.15) is 0 Å². The third-order valence-electron chi connectivity index (χ3n) is 6.35. The summed E-state index contributed by atoms with van der Waals surface area (Å²) in [5.74, 6) is -0.823. The summed E-state index contributed by atoms with van der Waals surface area (Å²) in [7, 11) is 0. The molecule has 0 saturated carbocycles. The van der Waals surface area contributed by atoms with Crippen LogP contribution >= 0.6 is 11.3 Å². The summed E-state index contributed by atoms with van der Waals surface area (Å²) in [5, 5.41) is 18.4. The smallest absolute Gasteiger partial charge is 0.339 e. The van der Waals surface area contributed by atoms with E-state index in [4.69, 9.17) is 4.74 Å². The monoisotopic (exact) mass is 450 g/mol. The topological polar surface area (TPSA) is 87.7 Å². The van der Waals surface area contributed by atoms with Crippen molar-refractivity contribution in [3.8, 4) is 5.75 Å². The van der Waals surface area contributed by atoms with E-state index >= 15 is 0 Å². The Bertz CT molecular complexity index is 1230. The Kier molecular flexibility index (Phi) is 5.18. The first-order chi connectivity index (χ1) is 15.3. The van der Waals surface area contributed by atoms with E-state index in [0.29, 0.717) is 22.7 Å². The first kappa shape index (κ1) is 21.0. The van der Waals surface area contributed by atoms with Gasteiger partial charge in [-0.05, 0) is 53.1 Å². The fourth-order valence-electron chi connectivity index (χ4n) is 4.42. The van der Waals surface area contributed by atoms with Crippen LogP contribution in [0.15, 0.2) is 36.4 Å². The molecule has 3 aromatic rings. The molecule has 2 aliphatic rings. The van der Waals surface area contributed by atoms with Crippen LogP contribution < -0.4 is 15.4 Å². The van der Waals surface area contributed by atoms with Gasteiger partial charge in [0.1, 0.15) is 16.9 Å². The van der Waals surface area contributed by atoms with E-state index in [0.717, 1.165) is 47.1 Å². The van der Waals surface area contributed by atoms with Crippen LogP contribution in [-0.2, 0) is 12.8 Å². The third-order valence-corrected chi connectivity index (χ3v) is 7.55. The molecule has 1 aromatic heterocycles. The number of ether oxygens (including phenoxy) is 1. The molecule has 0 unspecified atom stereocenters. The molecule has 5 rings (SSSR count). The molecule has 1 saturated heterocycles. The van der Waals surface area contributed by atoms with Crippen molar-refractivity contribution in [2.75, 3.05) is 18.4 Å². The van der Waals surface area contributed by atoms with Gasteiger partial charge in [0.05, 0.1) is 11.1 Å². The van der Waals surface area contributed by atoms with Crippen LogP contribution in [0.1, 0.15) is 51.4 Å². The molecular formula is C25H26N2O4S. The van der Waals surface area contributed by atoms with E-state index in [1.54, 1.807) is 0 Å². The Morgan fingerprint density at radius 1 is 1.19 bits per heavy atom. The number of amides is 1. The lowest BCUT2D eigenvalue weighted by Gasteiger charge is -2.29. The number of carbonyl (C=O) groups excluding carboxylic acids is 1. The van der Waals surface area contributed by atoms with Crippen LogP contribution in [0.2, 0.25) is 0 Å². The zero-order valence-corrected chi connectivity index (χ0v) is 19.0. The van der Waals surface area contributed by atoms with Crippen LogP contribution in [0.4, 0.5) is 5.00 Å². The third kappa shape index (κ3) is 3.87. The van der Waals surface area contributed by atoms with Crippen LogP contribution in [0, 0.1) is 5.41 Å². The molecule has 0 bridgehead atoms. The molecule has 2 heterocycles. The zero-order chi connectivity index (χ0) is 22.5. The van der Waals surface area contributed by atoms with E-state index in [-0.39, 0.29) is 23.0 Å². The molecule has 7 heteroatoms. The number of anilines is 1. The number of rotatable bonds is 5. The van der Waals surface area contributed by atoms with Gasteiger partial charge in [0.15, 0.2) is 0 Å². The van der Waals surface area contributed by atoms with Gasteiger partial charge in [-0.1, -0.05) is 38.1 Å². The van der Waals surface area contributed by atoms with Crippen molar-refractivity contribution in [3.05, 3.63) is 58.0 Å². The van der Waals surface area contributed by atoms with Crippen LogP contribution in [0.3, 0.4) is 0 Å². The Morgan fingerprint density at radius 2 is 1.91 bits per heavy atom. The highest BCUT2D eigenvalue weighted by molar-refractivity contribution is 7.17. The van der Waals surface area contributed by atoms with Gasteiger partial charge in [0.25, 0.3) is 5.91 Å². The normalized spacial score (nSPS) is 17.4. The predicted molar refractivity (Wildman–Crippen MR) is 126 cm³/mol. The van der Waals surface area contributed by atoms with Gasteiger partial charge in [0.2, 0.25) is 0 Å². The lowest BCUT2D eigenvalue weighted by molar-refractivity contribution is 0.0696. The molecule has 2 aromatic carbocycles. The van der Waals surface area contributed by atoms with Crippen LogP contribution in [0.5, 0.6) is 5.75 Å². The van der Waals surface area contributed by atoms with Gasteiger partial charge in [0, 0.05) is 18.0 Å². The van der Waals surface area contributed by atoms with E-state index in [2.05, 4.69) is 24.5 Å². The second-order valence-corrected chi connectivity index (χ2v) is 10.5. The first-order valence-electron chi connectivity index (χ1n) is 10.9. The summed E-state index contributed by atoms with van der Waals surface area (Å²) in [6, 6.07) is 11.5. The van der Waals surface area contributed by atoms with Gasteiger partial charge < -0.3 is 20.5 Å². The summed E-state index contributed by atoms with van der Waals surface area (Å²) in [4.78, 5) is 26.6. The van der Waals surface area contributed by atoms with Gasteiger partial charge in [-0.15, -0.1) is 11.3 Å². The molecule has 0 atom stereocenters. The number of aromatic carboxylic acids is 1. The SMILES string of the molecule is CC1(C)CCc2sc(NC(=O)c3cc4ccccc4cc3OC3CNC3)c(C(=O)O)c2C1. The Morgan fingerprint density at radius 3 is 2.56 bits per heavy atom. The maximum Gasteiger partial charge on any atom is 0.339 e. The fraction of sp³-hybridized carbons (Fsp3) is 0.360. The number of carboxylic acids is 1. The van der Waals surface area contributed by atoms with Crippen molar-refractivity contribution in [2.24, 2.45) is 5.41 Å². The largest absolute Gasteiger partial charge is 0.487 e. The average Bonchev–Trinajstić information content (AvgIpc) is 3.06. The number of aryl methyl sites for hydroxylation is 1. The van der Waals surface area contributed by atoms with Gasteiger partial charge in [-0.3, -0.25) is 4.79 Å². The highest BCUT2D eigenvalue weighted by Crippen LogP contribution is 2.44. The van der Waals surface area contributed by atoms with E-state index in [9.17, 15) is 14.7 Å². The molecule has 166 valence electrons. The standard InChI is InChI=1S/C25H26N2O4S/c1-25(2)8-7-20-18(11-25)21(24(29)30)23(32-20)27-22(28)17-9-14-5-3-4-6-15(14)10-19(17)31-16-12-26-13-16/h3-6,9-10,16,26H,7-8,11-13H2,1-2H3,(H,27,28)(H,29,30). The van der Waals surface area contributed by atoms with Crippen molar-refractivity contribution in [1.29, 1.82) is 0 Å². The zero-order valence-electron chi connectivity index (χ0n) is 18.2. The predicted octanol–water partition coefficient (Wildman–Crippen LogP) is 4.72. The van der Waals surface area contributed by atoms with Crippen molar-refractivity contribution in [3.63, 3.8) is 0 Å². The van der Waals surface area contributed by atoms with Crippen LogP contribution in [0.25, 0.3) is 10.8 Å². The van der Waals surface area contributed by atoms with Crippen molar-refractivity contribution >= 4 is 39.0 Å².